The minimum Gasteiger partial charge on any atom is -0.451 e. The Kier molecular flexibility index (Phi) is 3.79. The number of furan rings is 1. The number of fused-ring (bicyclic) bond motifs is 2. The van der Waals surface area contributed by atoms with Gasteiger partial charge in [-0.25, -0.2) is 4.39 Å². The normalized spacial score (nSPS) is 25.3. The van der Waals surface area contributed by atoms with Gasteiger partial charge in [-0.3, -0.25) is 9.69 Å². The summed E-state index contributed by atoms with van der Waals surface area (Å²) in [4.78, 5) is 17.2. The van der Waals surface area contributed by atoms with Crippen LogP contribution in [0.2, 0.25) is 0 Å². The first-order valence-corrected chi connectivity index (χ1v) is 9.34. The van der Waals surface area contributed by atoms with Crippen molar-refractivity contribution < 1.29 is 13.6 Å². The van der Waals surface area contributed by atoms with Gasteiger partial charge in [-0.2, -0.15) is 0 Å². The van der Waals surface area contributed by atoms with E-state index < -0.39 is 0 Å². The van der Waals surface area contributed by atoms with E-state index in [-0.39, 0.29) is 17.8 Å². The minimum atomic E-state index is -0.211. The van der Waals surface area contributed by atoms with Gasteiger partial charge in [0.05, 0.1) is 0 Å². The van der Waals surface area contributed by atoms with Gasteiger partial charge >= 0.3 is 0 Å². The van der Waals surface area contributed by atoms with E-state index in [0.717, 1.165) is 29.6 Å². The fourth-order valence-electron chi connectivity index (χ4n) is 4.86. The molecule has 4 nitrogen and oxygen atoms in total. The average Bonchev–Trinajstić information content (AvgIpc) is 3.32. The molecule has 0 spiro atoms. The van der Waals surface area contributed by atoms with Gasteiger partial charge in [0.2, 0.25) is 0 Å². The van der Waals surface area contributed by atoms with Gasteiger partial charge in [0.15, 0.2) is 5.76 Å². The van der Waals surface area contributed by atoms with Crippen molar-refractivity contribution in [2.45, 2.75) is 6.04 Å². The average molecular weight is 364 g/mol. The second-order valence-corrected chi connectivity index (χ2v) is 7.72. The summed E-state index contributed by atoms with van der Waals surface area (Å²) in [6.45, 7) is 2.30. The molecule has 2 saturated heterocycles. The molecule has 3 heterocycles. The second-order valence-electron chi connectivity index (χ2n) is 7.72. The van der Waals surface area contributed by atoms with Crippen LogP contribution >= 0.6 is 0 Å². The van der Waals surface area contributed by atoms with Crippen LogP contribution in [0.25, 0.3) is 11.0 Å². The second kappa shape index (κ2) is 6.20. The Morgan fingerprint density at radius 1 is 1.07 bits per heavy atom. The van der Waals surface area contributed by atoms with Gasteiger partial charge in [0.1, 0.15) is 11.4 Å². The molecule has 3 atom stereocenters. The first kappa shape index (κ1) is 16.5. The lowest BCUT2D eigenvalue weighted by Crippen LogP contribution is -2.33. The summed E-state index contributed by atoms with van der Waals surface area (Å²) >= 11 is 0. The summed E-state index contributed by atoms with van der Waals surface area (Å²) in [6, 6.07) is 16.5. The number of benzene rings is 2. The third kappa shape index (κ3) is 2.73. The maximum atomic E-state index is 13.7. The molecule has 27 heavy (non-hydrogen) atoms. The molecule has 1 aromatic heterocycles. The Balaban J connectivity index is 1.39. The molecule has 2 aromatic carbocycles. The van der Waals surface area contributed by atoms with E-state index >= 15 is 0 Å². The van der Waals surface area contributed by atoms with Crippen molar-refractivity contribution in [2.24, 2.45) is 11.8 Å². The van der Waals surface area contributed by atoms with Gasteiger partial charge in [0.25, 0.3) is 5.91 Å². The van der Waals surface area contributed by atoms with E-state index in [0.29, 0.717) is 24.1 Å². The molecule has 2 fully saturated rings. The predicted octanol–water partition coefficient (Wildman–Crippen LogP) is 3.95. The van der Waals surface area contributed by atoms with Crippen molar-refractivity contribution in [3.8, 4) is 0 Å². The van der Waals surface area contributed by atoms with Crippen LogP contribution in [0.1, 0.15) is 22.2 Å². The van der Waals surface area contributed by atoms with E-state index in [2.05, 4.69) is 11.9 Å². The first-order chi connectivity index (χ1) is 13.1. The summed E-state index contributed by atoms with van der Waals surface area (Å²) in [7, 11) is 2.08. The van der Waals surface area contributed by atoms with Crippen LogP contribution in [0.5, 0.6) is 0 Å². The predicted molar refractivity (Wildman–Crippen MR) is 101 cm³/mol. The molecule has 0 bridgehead atoms. The van der Waals surface area contributed by atoms with Crippen molar-refractivity contribution in [1.82, 2.24) is 9.80 Å². The third-order valence-electron chi connectivity index (χ3n) is 6.01. The monoisotopic (exact) mass is 364 g/mol. The van der Waals surface area contributed by atoms with Gasteiger partial charge in [0, 0.05) is 37.0 Å². The van der Waals surface area contributed by atoms with Gasteiger partial charge in [-0.05, 0) is 42.8 Å². The lowest BCUT2D eigenvalue weighted by molar-refractivity contribution is 0.0738. The highest BCUT2D eigenvalue weighted by atomic mass is 19.1. The smallest absolute Gasteiger partial charge is 0.289 e. The van der Waals surface area contributed by atoms with Gasteiger partial charge in [-0.1, -0.05) is 30.3 Å². The van der Waals surface area contributed by atoms with E-state index in [4.69, 9.17) is 4.42 Å². The maximum absolute atomic E-state index is 13.7. The number of carbonyl (C=O) groups is 1. The maximum Gasteiger partial charge on any atom is 0.289 e. The van der Waals surface area contributed by atoms with Crippen LogP contribution in [0.3, 0.4) is 0 Å². The number of rotatable bonds is 2. The standard InChI is InChI=1S/C22H21FN2O2/c1-24-11-16-12-25(13-18(16)21(24)15-6-4-7-17(23)9-15)22(26)20-10-14-5-2-3-8-19(14)27-20/h2-10,16,18,21H,11-13H2,1H3/t16-,18+,21-/m0/s1. The fourth-order valence-corrected chi connectivity index (χ4v) is 4.86. The van der Waals surface area contributed by atoms with Crippen LogP contribution in [0, 0.1) is 17.7 Å². The number of nitrogens with zero attached hydrogens (tertiary/aromatic N) is 2. The summed E-state index contributed by atoms with van der Waals surface area (Å²) in [6.07, 6.45) is 0. The minimum absolute atomic E-state index is 0.0544. The topological polar surface area (TPSA) is 36.7 Å². The van der Waals surface area contributed by atoms with Crippen molar-refractivity contribution in [2.75, 3.05) is 26.7 Å². The lowest BCUT2D eigenvalue weighted by atomic mass is 9.89. The number of para-hydroxylation sites is 1. The van der Waals surface area contributed by atoms with Crippen LogP contribution < -0.4 is 0 Å². The quantitative estimate of drug-likeness (QED) is 0.691. The number of hydrogen-bond acceptors (Lipinski definition) is 3. The van der Waals surface area contributed by atoms with Crippen molar-refractivity contribution >= 4 is 16.9 Å². The third-order valence-corrected chi connectivity index (χ3v) is 6.01. The van der Waals surface area contributed by atoms with E-state index in [1.807, 2.05) is 41.3 Å². The molecule has 5 heteroatoms. The Morgan fingerprint density at radius 3 is 2.74 bits per heavy atom. The molecule has 138 valence electrons. The highest BCUT2D eigenvalue weighted by Crippen LogP contribution is 2.44. The highest BCUT2D eigenvalue weighted by Gasteiger charge is 2.47. The number of carbonyl (C=O) groups excluding carboxylic acids is 1. The molecule has 2 aliphatic heterocycles. The van der Waals surface area contributed by atoms with Crippen LogP contribution in [-0.4, -0.2) is 42.4 Å². The molecule has 5 rings (SSSR count). The largest absolute Gasteiger partial charge is 0.451 e. The molecule has 0 radical (unpaired) electrons. The Morgan fingerprint density at radius 2 is 1.93 bits per heavy atom. The molecule has 1 amide bonds. The number of likely N-dealkylation sites (tertiary alicyclic amines) is 2. The van der Waals surface area contributed by atoms with Crippen molar-refractivity contribution in [3.05, 3.63) is 71.7 Å². The molecule has 0 unspecified atom stereocenters. The molecule has 0 aliphatic carbocycles. The van der Waals surface area contributed by atoms with Crippen LogP contribution in [0.4, 0.5) is 4.39 Å². The number of hydrogen-bond donors (Lipinski definition) is 0. The van der Waals surface area contributed by atoms with Crippen molar-refractivity contribution in [3.63, 3.8) is 0 Å². The van der Waals surface area contributed by atoms with Gasteiger partial charge in [-0.15, -0.1) is 0 Å². The first-order valence-electron chi connectivity index (χ1n) is 9.34. The zero-order chi connectivity index (χ0) is 18.5. The Labute approximate surface area is 157 Å². The summed E-state index contributed by atoms with van der Waals surface area (Å²) < 4.78 is 19.5. The summed E-state index contributed by atoms with van der Waals surface area (Å²) in [5, 5.41) is 0.942. The van der Waals surface area contributed by atoms with E-state index in [9.17, 15) is 9.18 Å². The molecule has 2 aliphatic rings. The lowest BCUT2D eigenvalue weighted by Gasteiger charge is -2.26. The zero-order valence-corrected chi connectivity index (χ0v) is 15.1. The highest BCUT2D eigenvalue weighted by molar-refractivity contribution is 5.96. The van der Waals surface area contributed by atoms with E-state index in [1.54, 1.807) is 12.1 Å². The molecular weight excluding hydrogens is 343 g/mol. The Bertz CT molecular complexity index is 981. The molecule has 0 N–H and O–H groups in total. The molecular formula is C22H21FN2O2. The zero-order valence-electron chi connectivity index (χ0n) is 15.1. The number of halogens is 1. The number of amides is 1. The SMILES string of the molecule is CN1C[C@H]2CN(C(=O)c3cc4ccccc4o3)C[C@H]2[C@@H]1c1cccc(F)c1. The fraction of sp³-hybridized carbons (Fsp3) is 0.318. The Hall–Kier alpha value is -2.66. The van der Waals surface area contributed by atoms with Crippen molar-refractivity contribution in [1.29, 1.82) is 0 Å². The summed E-state index contributed by atoms with van der Waals surface area (Å²) in [5.74, 6) is 0.840. The summed E-state index contributed by atoms with van der Waals surface area (Å²) in [5.41, 5.74) is 1.72. The molecule has 0 saturated carbocycles. The van der Waals surface area contributed by atoms with Crippen LogP contribution in [-0.2, 0) is 0 Å². The van der Waals surface area contributed by atoms with Gasteiger partial charge < -0.3 is 9.32 Å². The van der Waals surface area contributed by atoms with Crippen LogP contribution in [0.15, 0.2) is 59.0 Å². The molecule has 3 aromatic rings. The van der Waals surface area contributed by atoms with E-state index in [1.165, 1.54) is 6.07 Å².